The van der Waals surface area contributed by atoms with Crippen LogP contribution in [0.5, 0.6) is 5.75 Å². The normalized spacial score (nSPS) is 15.9. The summed E-state index contributed by atoms with van der Waals surface area (Å²) in [6.45, 7) is 1.79. The van der Waals surface area contributed by atoms with Crippen LogP contribution in [0.2, 0.25) is 0 Å². The van der Waals surface area contributed by atoms with Gasteiger partial charge in [-0.05, 0) is 36.8 Å². The van der Waals surface area contributed by atoms with Crippen LogP contribution in [-0.2, 0) is 4.79 Å². The molecule has 1 N–H and O–H groups in total. The fourth-order valence-corrected chi connectivity index (χ4v) is 4.80. The van der Waals surface area contributed by atoms with Crippen LogP contribution in [0.3, 0.4) is 0 Å². The van der Waals surface area contributed by atoms with Crippen LogP contribution in [-0.4, -0.2) is 27.8 Å². The number of methoxy groups -OCH3 is 1. The Morgan fingerprint density at radius 3 is 2.90 bits per heavy atom. The molecule has 5 rings (SSSR count). The van der Waals surface area contributed by atoms with Gasteiger partial charge in [0.2, 0.25) is 11.0 Å². The summed E-state index contributed by atoms with van der Waals surface area (Å²) >= 11 is 1.39. The molecule has 0 spiro atoms. The number of hydrogen-bond donors (Lipinski definition) is 1. The summed E-state index contributed by atoms with van der Waals surface area (Å²) in [5.41, 5.74) is 2.20. The molecule has 0 radical (unpaired) electrons. The maximum Gasteiger partial charge on any atom is 0.226 e. The van der Waals surface area contributed by atoms with Gasteiger partial charge in [-0.2, -0.15) is 9.78 Å². The summed E-state index contributed by atoms with van der Waals surface area (Å²) < 4.78 is 36.1. The molecule has 9 heteroatoms. The second kappa shape index (κ2) is 6.88. The number of hydrogen-bond acceptors (Lipinski definition) is 5. The highest BCUT2D eigenvalue weighted by Gasteiger charge is 2.35. The highest BCUT2D eigenvalue weighted by molar-refractivity contribution is 7.20. The van der Waals surface area contributed by atoms with Gasteiger partial charge in [-0.1, -0.05) is 23.5 Å². The minimum Gasteiger partial charge on any atom is -0.497 e. The van der Waals surface area contributed by atoms with Gasteiger partial charge in [-0.25, -0.2) is 13.8 Å². The predicted molar refractivity (Wildman–Crippen MR) is 109 cm³/mol. The van der Waals surface area contributed by atoms with Crippen molar-refractivity contribution in [3.8, 4) is 10.9 Å². The van der Waals surface area contributed by atoms with Crippen molar-refractivity contribution >= 4 is 33.3 Å². The molecular weight excluding hydrogens is 410 g/mol. The third kappa shape index (κ3) is 2.85. The average Bonchev–Trinajstić information content (AvgIpc) is 3.29. The van der Waals surface area contributed by atoms with E-state index in [0.29, 0.717) is 28.0 Å². The molecular formula is C21H16F2N4O2S. The molecule has 3 heterocycles. The molecule has 2 aromatic carbocycles. The van der Waals surface area contributed by atoms with Gasteiger partial charge < -0.3 is 10.1 Å². The number of aryl methyl sites for hydroxylation is 1. The van der Waals surface area contributed by atoms with Crippen molar-refractivity contribution < 1.29 is 18.3 Å². The SMILES string of the molecule is COc1ccc2nc(-n3nc(C)c4c3NC(=O)C[C@H]4c3cccc(F)c3F)sc2c1. The molecule has 4 aromatic rings. The van der Waals surface area contributed by atoms with E-state index in [2.05, 4.69) is 15.4 Å². The van der Waals surface area contributed by atoms with Crippen molar-refractivity contribution in [3.05, 3.63) is 64.9 Å². The Bertz CT molecular complexity index is 1310. The molecule has 1 aliphatic rings. The molecule has 0 fully saturated rings. The van der Waals surface area contributed by atoms with Gasteiger partial charge in [-0.3, -0.25) is 4.79 Å². The molecule has 1 atom stereocenters. The molecule has 30 heavy (non-hydrogen) atoms. The van der Waals surface area contributed by atoms with Gasteiger partial charge in [-0.15, -0.1) is 0 Å². The minimum atomic E-state index is -0.942. The quantitative estimate of drug-likeness (QED) is 0.522. The number of carbonyl (C=O) groups is 1. The third-order valence-electron chi connectivity index (χ3n) is 5.22. The van der Waals surface area contributed by atoms with Crippen molar-refractivity contribution in [2.45, 2.75) is 19.3 Å². The molecule has 6 nitrogen and oxygen atoms in total. The second-order valence-electron chi connectivity index (χ2n) is 7.04. The number of ether oxygens (including phenoxy) is 1. The Morgan fingerprint density at radius 2 is 2.10 bits per heavy atom. The molecule has 1 aliphatic heterocycles. The Hall–Kier alpha value is -3.33. The van der Waals surface area contributed by atoms with Crippen molar-refractivity contribution in [2.75, 3.05) is 12.4 Å². The zero-order valence-corrected chi connectivity index (χ0v) is 16.9. The topological polar surface area (TPSA) is 69.0 Å². The number of halogens is 2. The number of benzene rings is 2. The summed E-state index contributed by atoms with van der Waals surface area (Å²) in [5, 5.41) is 7.96. The monoisotopic (exact) mass is 426 g/mol. The van der Waals surface area contributed by atoms with E-state index >= 15 is 0 Å². The summed E-state index contributed by atoms with van der Waals surface area (Å²) in [4.78, 5) is 17.1. The van der Waals surface area contributed by atoms with Crippen molar-refractivity contribution in [2.24, 2.45) is 0 Å². The molecule has 0 saturated heterocycles. The van der Waals surface area contributed by atoms with Crippen LogP contribution in [0.4, 0.5) is 14.6 Å². The fourth-order valence-electron chi connectivity index (χ4n) is 3.85. The third-order valence-corrected chi connectivity index (χ3v) is 6.22. The maximum atomic E-state index is 14.5. The lowest BCUT2D eigenvalue weighted by atomic mass is 9.85. The zero-order chi connectivity index (χ0) is 21.0. The van der Waals surface area contributed by atoms with Gasteiger partial charge in [0.25, 0.3) is 0 Å². The number of carbonyl (C=O) groups excluding carboxylic acids is 1. The largest absolute Gasteiger partial charge is 0.497 e. The van der Waals surface area contributed by atoms with E-state index in [-0.39, 0.29) is 17.9 Å². The van der Waals surface area contributed by atoms with E-state index in [1.165, 1.54) is 23.5 Å². The first-order valence-corrected chi connectivity index (χ1v) is 10.1. The van der Waals surface area contributed by atoms with Crippen LogP contribution < -0.4 is 10.1 Å². The van der Waals surface area contributed by atoms with Crippen LogP contribution in [0.15, 0.2) is 36.4 Å². The van der Waals surface area contributed by atoms with E-state index in [1.807, 2.05) is 18.2 Å². The average molecular weight is 426 g/mol. The van der Waals surface area contributed by atoms with Crippen molar-refractivity contribution in [1.29, 1.82) is 0 Å². The van der Waals surface area contributed by atoms with Gasteiger partial charge >= 0.3 is 0 Å². The van der Waals surface area contributed by atoms with Gasteiger partial charge in [0.05, 0.1) is 23.0 Å². The van der Waals surface area contributed by atoms with E-state index < -0.39 is 17.6 Å². The maximum absolute atomic E-state index is 14.5. The smallest absolute Gasteiger partial charge is 0.226 e. The summed E-state index contributed by atoms with van der Waals surface area (Å²) in [5.74, 6) is -1.66. The Morgan fingerprint density at radius 1 is 1.27 bits per heavy atom. The van der Waals surface area contributed by atoms with E-state index in [4.69, 9.17) is 4.74 Å². The highest BCUT2D eigenvalue weighted by atomic mass is 32.1. The Kier molecular flexibility index (Phi) is 4.28. The van der Waals surface area contributed by atoms with Crippen LogP contribution in [0.25, 0.3) is 15.3 Å². The zero-order valence-electron chi connectivity index (χ0n) is 16.1. The number of nitrogens with one attached hydrogen (secondary N) is 1. The summed E-state index contributed by atoms with van der Waals surface area (Å²) in [6.07, 6.45) is 0.0109. The lowest BCUT2D eigenvalue weighted by Crippen LogP contribution is -2.25. The molecule has 0 bridgehead atoms. The van der Waals surface area contributed by atoms with E-state index in [9.17, 15) is 13.6 Å². The van der Waals surface area contributed by atoms with Crippen molar-refractivity contribution in [1.82, 2.24) is 14.8 Å². The predicted octanol–water partition coefficient (Wildman–Crippen LogP) is 4.55. The number of anilines is 1. The first-order valence-electron chi connectivity index (χ1n) is 9.24. The molecule has 2 aromatic heterocycles. The standard InChI is InChI=1S/C21H16F2N4O2S/c1-10-18-13(12-4-3-5-14(22)19(12)23)9-17(28)25-20(18)27(26-10)21-24-15-7-6-11(29-2)8-16(15)30-21/h3-8,13H,9H2,1-2H3,(H,25,28)/t13-/m0/s1. The molecule has 0 aliphatic carbocycles. The summed E-state index contributed by atoms with van der Waals surface area (Å²) in [6, 6.07) is 9.56. The van der Waals surface area contributed by atoms with Gasteiger partial charge in [0, 0.05) is 17.9 Å². The highest BCUT2D eigenvalue weighted by Crippen LogP contribution is 2.42. The van der Waals surface area contributed by atoms with Gasteiger partial charge in [0.1, 0.15) is 11.6 Å². The number of nitrogens with zero attached hydrogens (tertiary/aromatic N) is 3. The number of rotatable bonds is 3. The Labute approximate surface area is 174 Å². The molecule has 152 valence electrons. The van der Waals surface area contributed by atoms with E-state index in [1.54, 1.807) is 18.7 Å². The van der Waals surface area contributed by atoms with Crippen LogP contribution in [0, 0.1) is 18.6 Å². The second-order valence-corrected chi connectivity index (χ2v) is 8.05. The molecule has 0 unspecified atom stereocenters. The van der Waals surface area contributed by atoms with Crippen LogP contribution >= 0.6 is 11.3 Å². The van der Waals surface area contributed by atoms with E-state index in [0.717, 1.165) is 16.3 Å². The molecule has 0 saturated carbocycles. The molecule has 1 amide bonds. The van der Waals surface area contributed by atoms with Crippen LogP contribution in [0.1, 0.15) is 29.2 Å². The van der Waals surface area contributed by atoms with Gasteiger partial charge in [0.15, 0.2) is 11.6 Å². The number of thiazole rings is 1. The van der Waals surface area contributed by atoms with Crippen molar-refractivity contribution in [3.63, 3.8) is 0 Å². The summed E-state index contributed by atoms with van der Waals surface area (Å²) in [7, 11) is 1.59. The lowest BCUT2D eigenvalue weighted by molar-refractivity contribution is -0.116. The number of fused-ring (bicyclic) bond motifs is 2. The fraction of sp³-hybridized carbons (Fsp3) is 0.190. The Balaban J connectivity index is 1.67. The number of amides is 1. The first-order chi connectivity index (χ1) is 14.5. The minimum absolute atomic E-state index is 0.0109. The lowest BCUT2D eigenvalue weighted by Gasteiger charge is -2.24. The first kappa shape index (κ1) is 18.7. The number of aromatic nitrogens is 3.